The Morgan fingerprint density at radius 1 is 0.128 bits per heavy atom. The molecule has 0 spiro atoms. The van der Waals surface area contributed by atoms with Gasteiger partial charge in [0.1, 0.15) is 44.7 Å². The van der Waals surface area contributed by atoms with Gasteiger partial charge in [-0.3, -0.25) is 0 Å². The average Bonchev–Trinajstić information content (AvgIpc) is 0.885. The molecular formula is C144H96O4. The van der Waals surface area contributed by atoms with Crippen molar-refractivity contribution in [2.45, 2.75) is 52.4 Å². The topological polar surface area (TPSA) is 52.6 Å². The van der Waals surface area contributed by atoms with Crippen LogP contribution in [0.2, 0.25) is 0 Å². The maximum atomic E-state index is 6.37. The molecule has 28 aromatic carbocycles. The van der Waals surface area contributed by atoms with Gasteiger partial charge in [0.2, 0.25) is 0 Å². The van der Waals surface area contributed by atoms with E-state index in [1.54, 1.807) is 0 Å². The third kappa shape index (κ3) is 13.9. The molecule has 4 heteroatoms. The Hall–Kier alpha value is -18.5. The van der Waals surface area contributed by atoms with E-state index in [-0.39, 0.29) is 10.8 Å². The van der Waals surface area contributed by atoms with Gasteiger partial charge in [-0.2, -0.15) is 0 Å². The number of rotatable bonds is 8. The Morgan fingerprint density at radius 2 is 0.324 bits per heavy atom. The van der Waals surface area contributed by atoms with E-state index >= 15 is 0 Å². The molecular weight excluding hydrogens is 1790 g/mol. The SMILES string of the molecule is CC(C)(C)c1ccc2ccc3c(-c4ccc(-c5cccc6c5oc5ccccc56)cc4)ccc4ccc1c2c43.CC(C)(C)c1ccc2ccc3c(-c4cccc(-c5cccc6c5oc5ccccc56)c4)ccc4ccc1c2c43.c1cc(-c2ccc3ccc4cccc5ccc2c3c45)cc(-c2cccc3c2oc2ccccc23)c1.c1cc2ccc3ccc(-c4ccc(-c5cccc6c5oc5ccccc56)cc4)c4ccc(c1)c2c34. The molecule has 0 fully saturated rings. The third-order valence-corrected chi connectivity index (χ3v) is 31.6. The molecule has 0 atom stereocenters. The van der Waals surface area contributed by atoms with Gasteiger partial charge in [-0.1, -0.05) is 478 Å². The largest absolute Gasteiger partial charge is 0.455 e. The zero-order valence-electron chi connectivity index (χ0n) is 82.7. The van der Waals surface area contributed by atoms with Crippen LogP contribution in [0.3, 0.4) is 0 Å². The summed E-state index contributed by atoms with van der Waals surface area (Å²) in [5, 5.41) is 41.1. The highest BCUT2D eigenvalue weighted by molar-refractivity contribution is 6.31. The molecule has 32 rings (SSSR count). The summed E-state index contributed by atoms with van der Waals surface area (Å²) >= 11 is 0. The van der Waals surface area contributed by atoms with Gasteiger partial charge < -0.3 is 17.7 Å². The van der Waals surface area contributed by atoms with E-state index in [9.17, 15) is 0 Å². The van der Waals surface area contributed by atoms with Crippen LogP contribution in [0, 0.1) is 0 Å². The van der Waals surface area contributed by atoms with Gasteiger partial charge in [0.05, 0.1) is 0 Å². The fraction of sp³-hybridized carbons (Fsp3) is 0.0556. The molecule has 0 aliphatic carbocycles. The smallest absolute Gasteiger partial charge is 0.143 e. The molecule has 0 aliphatic heterocycles. The number of benzene rings is 28. The number of hydrogen-bond donors (Lipinski definition) is 0. The molecule has 0 saturated carbocycles. The minimum atomic E-state index is 0.0805. The summed E-state index contributed by atoms with van der Waals surface area (Å²) in [6.07, 6.45) is 0. The van der Waals surface area contributed by atoms with Crippen LogP contribution >= 0.6 is 0 Å². The van der Waals surface area contributed by atoms with Gasteiger partial charge in [0.25, 0.3) is 0 Å². The molecule has 0 N–H and O–H groups in total. The van der Waals surface area contributed by atoms with E-state index in [0.717, 1.165) is 132 Å². The maximum Gasteiger partial charge on any atom is 0.143 e. The van der Waals surface area contributed by atoms with Crippen molar-refractivity contribution in [3.8, 4) is 89.0 Å². The number of furan rings is 4. The normalized spacial score (nSPS) is 12.3. The monoisotopic (exact) mass is 1890 g/mol. The standard InChI is InChI=1S/2C38H28O.2C34H20O/c1-38(2,3)33-21-17-24-15-19-30-27(18-14-23-16-20-32(33)36(24)35(23)30)25-8-6-9-26(22-25)28-11-7-12-31-29-10-4-5-13-34(29)39-37(28)31;1-38(2,3)33-22-18-26-16-20-30-27(19-15-25-17-21-32(33)36(26)35(25)30)23-11-13-24(14-12-23)28-8-6-9-31-29-7-4-5-10-34(29)39-37(28)31;1-2-13-31-28(10-1)30-12-5-11-27(34(30)35-31)25-9-4-8-24(20-25)26-18-16-23-15-14-21-6-3-7-22-17-19-29(26)33(23)32(21)22;1-2-10-31-28(7-1)30-9-4-8-27(34(30)35-31)22-13-11-21(12-14-22)26-19-17-25-16-15-23-5-3-6-24-18-20-29(26)33(25)32(23)24/h2*4-22H,1-3H3;2*1-20H. The minimum Gasteiger partial charge on any atom is -0.455 e. The molecule has 696 valence electrons. The number of para-hydroxylation sites is 8. The fourth-order valence-electron chi connectivity index (χ4n) is 24.7. The summed E-state index contributed by atoms with van der Waals surface area (Å²) < 4.78 is 25.3. The summed E-state index contributed by atoms with van der Waals surface area (Å²) in [6.45, 7) is 13.8. The van der Waals surface area contributed by atoms with Crippen LogP contribution in [0.15, 0.2) is 491 Å². The Labute approximate surface area is 854 Å². The highest BCUT2D eigenvalue weighted by Crippen LogP contribution is 2.51. The van der Waals surface area contributed by atoms with Crippen LogP contribution in [0.5, 0.6) is 0 Å². The zero-order valence-corrected chi connectivity index (χ0v) is 82.7. The Balaban J connectivity index is 0.0000000931. The van der Waals surface area contributed by atoms with Gasteiger partial charge in [-0.25, -0.2) is 0 Å². The van der Waals surface area contributed by atoms with Crippen molar-refractivity contribution in [3.05, 3.63) is 484 Å². The lowest BCUT2D eigenvalue weighted by Gasteiger charge is -2.23. The Morgan fingerprint density at radius 3 is 0.615 bits per heavy atom. The highest BCUT2D eigenvalue weighted by Gasteiger charge is 2.27. The van der Waals surface area contributed by atoms with E-state index < -0.39 is 0 Å². The maximum absolute atomic E-state index is 6.37. The molecule has 0 bridgehead atoms. The predicted octanol–water partition coefficient (Wildman–Crippen LogP) is 41.9. The van der Waals surface area contributed by atoms with E-state index in [4.69, 9.17) is 17.7 Å². The quantitative estimate of drug-likeness (QED) is 0.142. The molecule has 0 aliphatic rings. The van der Waals surface area contributed by atoms with Crippen LogP contribution in [0.4, 0.5) is 0 Å². The zero-order chi connectivity index (χ0) is 98.5. The van der Waals surface area contributed by atoms with E-state index in [0.29, 0.717) is 0 Å². The molecule has 0 saturated heterocycles. The van der Waals surface area contributed by atoms with Crippen molar-refractivity contribution < 1.29 is 17.7 Å². The molecule has 0 amide bonds. The first kappa shape index (κ1) is 86.2. The van der Waals surface area contributed by atoms with Crippen molar-refractivity contribution >= 4 is 217 Å². The van der Waals surface area contributed by atoms with Gasteiger partial charge in [-0.15, -0.1) is 0 Å². The molecule has 0 radical (unpaired) electrons. The van der Waals surface area contributed by atoms with Crippen molar-refractivity contribution in [1.29, 1.82) is 0 Å². The van der Waals surface area contributed by atoms with Crippen molar-refractivity contribution in [2.75, 3.05) is 0 Å². The van der Waals surface area contributed by atoms with Crippen molar-refractivity contribution in [2.24, 2.45) is 0 Å². The second-order valence-electron chi connectivity index (χ2n) is 42.2. The van der Waals surface area contributed by atoms with Gasteiger partial charge in [0, 0.05) is 65.3 Å². The predicted molar refractivity (Wildman–Crippen MR) is 631 cm³/mol. The first-order valence-corrected chi connectivity index (χ1v) is 51.4. The summed E-state index contributed by atoms with van der Waals surface area (Å²) in [6, 6.07) is 171. The molecule has 4 nitrogen and oxygen atoms in total. The fourth-order valence-corrected chi connectivity index (χ4v) is 24.7. The van der Waals surface area contributed by atoms with Crippen LogP contribution in [0.1, 0.15) is 52.7 Å². The summed E-state index contributed by atoms with van der Waals surface area (Å²) in [7, 11) is 0. The van der Waals surface area contributed by atoms with Crippen LogP contribution in [0.25, 0.3) is 306 Å². The lowest BCUT2D eigenvalue weighted by molar-refractivity contribution is 0.596. The van der Waals surface area contributed by atoms with Crippen LogP contribution < -0.4 is 0 Å². The molecule has 0 unspecified atom stereocenters. The Bertz CT molecular complexity index is 10900. The number of hydrogen-bond acceptors (Lipinski definition) is 4. The van der Waals surface area contributed by atoms with Crippen LogP contribution in [-0.4, -0.2) is 0 Å². The van der Waals surface area contributed by atoms with E-state index in [1.807, 2.05) is 48.5 Å². The molecule has 4 heterocycles. The molecule has 148 heavy (non-hydrogen) atoms. The van der Waals surface area contributed by atoms with Crippen molar-refractivity contribution in [1.82, 2.24) is 0 Å². The summed E-state index contributed by atoms with van der Waals surface area (Å²) in [4.78, 5) is 0. The van der Waals surface area contributed by atoms with Crippen molar-refractivity contribution in [3.63, 3.8) is 0 Å². The molecule has 32 aromatic rings. The number of fused-ring (bicyclic) bond motifs is 12. The van der Waals surface area contributed by atoms with E-state index in [1.165, 1.54) is 185 Å². The lowest BCUT2D eigenvalue weighted by atomic mass is 9.80. The van der Waals surface area contributed by atoms with E-state index in [2.05, 4.69) is 466 Å². The Kier molecular flexibility index (Phi) is 19.6. The minimum absolute atomic E-state index is 0.0805. The molecule has 4 aromatic heterocycles. The van der Waals surface area contributed by atoms with Gasteiger partial charge in [-0.05, 0) is 254 Å². The highest BCUT2D eigenvalue weighted by atomic mass is 16.3. The first-order valence-electron chi connectivity index (χ1n) is 51.4. The van der Waals surface area contributed by atoms with Gasteiger partial charge >= 0.3 is 0 Å². The summed E-state index contributed by atoms with van der Waals surface area (Å²) in [5.41, 5.74) is 29.6. The second kappa shape index (κ2) is 33.6. The summed E-state index contributed by atoms with van der Waals surface area (Å²) in [5.74, 6) is 0. The first-order chi connectivity index (χ1) is 72.6. The second-order valence-corrected chi connectivity index (χ2v) is 42.2. The average molecular weight is 1890 g/mol. The van der Waals surface area contributed by atoms with Gasteiger partial charge in [0.15, 0.2) is 0 Å². The third-order valence-electron chi connectivity index (χ3n) is 31.6. The lowest BCUT2D eigenvalue weighted by Crippen LogP contribution is -2.11. The van der Waals surface area contributed by atoms with Crippen LogP contribution in [-0.2, 0) is 10.8 Å².